The minimum absolute atomic E-state index is 0.0398. The number of nitrogens with zero attached hydrogens (tertiary/aromatic N) is 1. The number of aromatic hydroxyl groups is 1. The molecule has 8 N–H and O–H groups in total. The van der Waals surface area contributed by atoms with Gasteiger partial charge < -0.3 is 50.8 Å². The smallest absolute Gasteiger partial charge is 0.308 e. The molecule has 220 valence electrons. The zero-order valence-electron chi connectivity index (χ0n) is 22.5. The second-order valence-corrected chi connectivity index (χ2v) is 9.64. The normalized spacial score (nSPS) is 23.4. The van der Waals surface area contributed by atoms with E-state index in [9.17, 15) is 34.8 Å². The number of phenols is 1. The zero-order valence-corrected chi connectivity index (χ0v) is 22.5. The number of ketones is 2. The minimum Gasteiger partial charge on any atom is -0.507 e. The predicted octanol–water partition coefficient (Wildman–Crippen LogP) is -0.602. The first-order chi connectivity index (χ1) is 19.3. The van der Waals surface area contributed by atoms with E-state index in [-0.39, 0.29) is 64.0 Å². The van der Waals surface area contributed by atoms with Gasteiger partial charge in [0.05, 0.1) is 31.4 Å². The van der Waals surface area contributed by atoms with Crippen molar-refractivity contribution in [3.63, 3.8) is 0 Å². The molecule has 2 aromatic rings. The first kappa shape index (κ1) is 29.9. The fourth-order valence-corrected chi connectivity index (χ4v) is 4.78. The van der Waals surface area contributed by atoms with Gasteiger partial charge in [-0.25, -0.2) is 0 Å². The maximum atomic E-state index is 13.6. The van der Waals surface area contributed by atoms with E-state index < -0.39 is 60.6 Å². The Hall–Kier alpha value is -4.08. The standard InChI is InChI=1S/C27H31N3O11/c1-10-17(41-26-25(38-5-4-30-27(28)29)24(37)21(34)11(2)39-26)8-16-19(20(10)33)23(36)18-13(9-31)6-14(40-12(3)32)7-15(18)22(16)35/h6-8,11,21,24-26,31,33-34,37H,4-5,9H2,1-3H3,(H4,28,29,30)/t11-,21+,24+,25+,26+/m0/s1. The molecule has 0 radical (unpaired) electrons. The van der Waals surface area contributed by atoms with Crippen molar-refractivity contribution < 1.29 is 53.8 Å². The number of carbonyl (C=O) groups is 3. The molecule has 1 saturated heterocycles. The highest BCUT2D eigenvalue weighted by molar-refractivity contribution is 6.30. The summed E-state index contributed by atoms with van der Waals surface area (Å²) < 4.78 is 22.4. The van der Waals surface area contributed by atoms with Gasteiger partial charge >= 0.3 is 5.97 Å². The molecule has 0 amide bonds. The number of aliphatic hydroxyl groups is 3. The Labute approximate surface area is 234 Å². The lowest BCUT2D eigenvalue weighted by Gasteiger charge is -2.41. The van der Waals surface area contributed by atoms with Crippen molar-refractivity contribution in [2.45, 2.75) is 58.1 Å². The summed E-state index contributed by atoms with van der Waals surface area (Å²) in [6.07, 6.45) is -6.20. The van der Waals surface area contributed by atoms with Gasteiger partial charge in [-0.1, -0.05) is 0 Å². The quantitative estimate of drug-likeness (QED) is 0.0650. The fraction of sp³-hybridized carbons (Fsp3) is 0.407. The molecule has 5 atom stereocenters. The largest absolute Gasteiger partial charge is 0.507 e. The molecule has 1 heterocycles. The van der Waals surface area contributed by atoms with Crippen LogP contribution in [-0.4, -0.2) is 87.8 Å². The van der Waals surface area contributed by atoms with Gasteiger partial charge in [0.2, 0.25) is 6.29 Å². The molecule has 0 unspecified atom stereocenters. The Morgan fingerprint density at radius 3 is 2.39 bits per heavy atom. The molecular weight excluding hydrogens is 542 g/mol. The molecule has 4 rings (SSSR count). The highest BCUT2D eigenvalue weighted by atomic mass is 16.7. The van der Waals surface area contributed by atoms with Crippen molar-refractivity contribution in [3.05, 3.63) is 51.6 Å². The molecule has 2 aliphatic rings. The second kappa shape index (κ2) is 11.8. The lowest BCUT2D eigenvalue weighted by Crippen LogP contribution is -2.59. The third-order valence-corrected chi connectivity index (χ3v) is 6.80. The number of carbonyl (C=O) groups excluding carboxylic acids is 3. The SMILES string of the molecule is CC(=O)Oc1cc(CO)c2c(c1)C(=O)c1cc(O[C@H]3O[C@@H](C)[C@@H](O)[C@@H](O)[C@H]3OCCN=C(N)N)c(C)c(O)c1C2=O. The number of ether oxygens (including phenoxy) is 4. The van der Waals surface area contributed by atoms with Crippen LogP contribution in [0.25, 0.3) is 0 Å². The van der Waals surface area contributed by atoms with Crippen molar-refractivity contribution in [2.24, 2.45) is 16.5 Å². The molecule has 14 nitrogen and oxygen atoms in total. The Bertz CT molecular complexity index is 1420. The number of hydrogen-bond donors (Lipinski definition) is 6. The van der Waals surface area contributed by atoms with Gasteiger partial charge in [-0.3, -0.25) is 19.4 Å². The van der Waals surface area contributed by atoms with Gasteiger partial charge in [-0.15, -0.1) is 0 Å². The average Bonchev–Trinajstić information content (AvgIpc) is 2.91. The van der Waals surface area contributed by atoms with Crippen LogP contribution >= 0.6 is 0 Å². The summed E-state index contributed by atoms with van der Waals surface area (Å²) in [5.74, 6) is -2.90. The third kappa shape index (κ3) is 5.73. The van der Waals surface area contributed by atoms with Gasteiger partial charge in [-0.05, 0) is 37.6 Å². The molecule has 0 aromatic heterocycles. The second-order valence-electron chi connectivity index (χ2n) is 9.64. The van der Waals surface area contributed by atoms with Crippen LogP contribution in [0.3, 0.4) is 0 Å². The first-order valence-electron chi connectivity index (χ1n) is 12.6. The lowest BCUT2D eigenvalue weighted by atomic mass is 9.80. The summed E-state index contributed by atoms with van der Waals surface area (Å²) in [5.41, 5.74) is 9.98. The molecule has 1 aliphatic heterocycles. The van der Waals surface area contributed by atoms with Crippen molar-refractivity contribution in [2.75, 3.05) is 13.2 Å². The van der Waals surface area contributed by atoms with Crippen LogP contribution in [0.15, 0.2) is 23.2 Å². The van der Waals surface area contributed by atoms with E-state index in [4.69, 9.17) is 30.4 Å². The molecule has 2 aromatic carbocycles. The van der Waals surface area contributed by atoms with Gasteiger partial charge in [0.25, 0.3) is 0 Å². The number of esters is 1. The molecule has 14 heteroatoms. The van der Waals surface area contributed by atoms with Crippen molar-refractivity contribution in [3.8, 4) is 17.2 Å². The van der Waals surface area contributed by atoms with E-state index in [1.165, 1.54) is 32.0 Å². The van der Waals surface area contributed by atoms with Crippen LogP contribution in [-0.2, 0) is 20.9 Å². The van der Waals surface area contributed by atoms with Crippen LogP contribution in [0.5, 0.6) is 17.2 Å². The van der Waals surface area contributed by atoms with E-state index in [2.05, 4.69) is 4.99 Å². The summed E-state index contributed by atoms with van der Waals surface area (Å²) in [4.78, 5) is 42.4. The first-order valence-corrected chi connectivity index (χ1v) is 12.6. The molecule has 1 fully saturated rings. The predicted molar refractivity (Wildman–Crippen MR) is 141 cm³/mol. The van der Waals surface area contributed by atoms with Crippen LogP contribution in [0.1, 0.15) is 56.8 Å². The van der Waals surface area contributed by atoms with Gasteiger partial charge in [0, 0.05) is 29.2 Å². The number of hydrogen-bond acceptors (Lipinski definition) is 12. The number of fused-ring (bicyclic) bond motifs is 2. The number of phenolic OH excluding ortho intramolecular Hbond substituents is 1. The van der Waals surface area contributed by atoms with E-state index in [1.54, 1.807) is 0 Å². The Morgan fingerprint density at radius 1 is 1.07 bits per heavy atom. The molecule has 1 aliphatic carbocycles. The van der Waals surface area contributed by atoms with Gasteiger partial charge in [-0.2, -0.15) is 0 Å². The number of aliphatic imine (C=N–C) groups is 1. The van der Waals surface area contributed by atoms with Crippen LogP contribution < -0.4 is 20.9 Å². The summed E-state index contributed by atoms with van der Waals surface area (Å²) in [6.45, 7) is 3.45. The molecule has 41 heavy (non-hydrogen) atoms. The van der Waals surface area contributed by atoms with E-state index in [0.717, 1.165) is 6.92 Å². The van der Waals surface area contributed by atoms with E-state index in [1.807, 2.05) is 0 Å². The lowest BCUT2D eigenvalue weighted by molar-refractivity contribution is -0.278. The third-order valence-electron chi connectivity index (χ3n) is 6.80. The monoisotopic (exact) mass is 573 g/mol. The Balaban J connectivity index is 1.73. The average molecular weight is 574 g/mol. The van der Waals surface area contributed by atoms with Gasteiger partial charge in [0.15, 0.2) is 17.5 Å². The Kier molecular flexibility index (Phi) is 8.60. The minimum atomic E-state index is -1.44. The fourth-order valence-electron chi connectivity index (χ4n) is 4.78. The van der Waals surface area contributed by atoms with E-state index >= 15 is 0 Å². The number of rotatable bonds is 8. The summed E-state index contributed by atoms with van der Waals surface area (Å²) in [6, 6.07) is 3.72. The van der Waals surface area contributed by atoms with Crippen LogP contribution in [0, 0.1) is 6.92 Å². The summed E-state index contributed by atoms with van der Waals surface area (Å²) in [5, 5.41) is 41.9. The molecule has 0 bridgehead atoms. The molecule has 0 saturated carbocycles. The highest BCUT2D eigenvalue weighted by Crippen LogP contribution is 2.42. The van der Waals surface area contributed by atoms with Crippen molar-refractivity contribution in [1.29, 1.82) is 0 Å². The number of aliphatic hydroxyl groups excluding tert-OH is 3. The number of nitrogens with two attached hydrogens (primary N) is 2. The van der Waals surface area contributed by atoms with Crippen molar-refractivity contribution in [1.82, 2.24) is 0 Å². The zero-order chi connectivity index (χ0) is 30.2. The van der Waals surface area contributed by atoms with Crippen LogP contribution in [0.2, 0.25) is 0 Å². The van der Waals surface area contributed by atoms with Crippen LogP contribution in [0.4, 0.5) is 0 Å². The van der Waals surface area contributed by atoms with Crippen molar-refractivity contribution >= 4 is 23.5 Å². The molecule has 0 spiro atoms. The van der Waals surface area contributed by atoms with E-state index in [0.29, 0.717) is 0 Å². The number of benzene rings is 2. The maximum absolute atomic E-state index is 13.6. The highest BCUT2D eigenvalue weighted by Gasteiger charge is 2.45. The topological polar surface area (TPSA) is 233 Å². The maximum Gasteiger partial charge on any atom is 0.308 e. The Morgan fingerprint density at radius 2 is 1.76 bits per heavy atom. The molecular formula is C27H31N3O11. The number of guanidine groups is 1. The summed E-state index contributed by atoms with van der Waals surface area (Å²) >= 11 is 0. The summed E-state index contributed by atoms with van der Waals surface area (Å²) in [7, 11) is 0. The van der Waals surface area contributed by atoms with Gasteiger partial charge in [0.1, 0.15) is 35.6 Å².